The van der Waals surface area contributed by atoms with Gasteiger partial charge in [-0.3, -0.25) is 4.79 Å². The SMILES string of the molecule is CCOC(=O)c1c(C)c(C(=O)Nc2ccc(C)c(Cl)c2)c(C)n1CC. The van der Waals surface area contributed by atoms with Gasteiger partial charge in [0.2, 0.25) is 0 Å². The van der Waals surface area contributed by atoms with E-state index in [0.29, 0.717) is 34.1 Å². The van der Waals surface area contributed by atoms with E-state index in [-0.39, 0.29) is 12.5 Å². The normalized spacial score (nSPS) is 10.6. The molecule has 0 atom stereocenters. The number of rotatable bonds is 5. The Kier molecular flexibility index (Phi) is 5.90. The van der Waals surface area contributed by atoms with Crippen molar-refractivity contribution < 1.29 is 14.3 Å². The number of halogens is 1. The minimum Gasteiger partial charge on any atom is -0.461 e. The second-order valence-electron chi connectivity index (χ2n) is 5.82. The maximum absolute atomic E-state index is 12.8. The molecular formula is C19H23ClN2O3. The summed E-state index contributed by atoms with van der Waals surface area (Å²) in [6.45, 7) is 10.0. The minimum atomic E-state index is -0.414. The van der Waals surface area contributed by atoms with Gasteiger partial charge >= 0.3 is 5.97 Å². The first-order chi connectivity index (χ1) is 11.8. The molecule has 0 unspecified atom stereocenters. The van der Waals surface area contributed by atoms with Crippen molar-refractivity contribution in [2.75, 3.05) is 11.9 Å². The average molecular weight is 363 g/mol. The van der Waals surface area contributed by atoms with E-state index in [4.69, 9.17) is 16.3 Å². The van der Waals surface area contributed by atoms with Crippen LogP contribution >= 0.6 is 11.6 Å². The number of amides is 1. The number of nitrogens with one attached hydrogen (secondary N) is 1. The van der Waals surface area contributed by atoms with E-state index in [1.807, 2.05) is 31.4 Å². The van der Waals surface area contributed by atoms with Crippen LogP contribution in [0.5, 0.6) is 0 Å². The van der Waals surface area contributed by atoms with Crippen LogP contribution in [0.1, 0.15) is 51.5 Å². The number of nitrogens with zero attached hydrogens (tertiary/aromatic N) is 1. The number of anilines is 1. The lowest BCUT2D eigenvalue weighted by atomic mass is 10.1. The Morgan fingerprint density at radius 2 is 1.88 bits per heavy atom. The van der Waals surface area contributed by atoms with Gasteiger partial charge in [-0.1, -0.05) is 17.7 Å². The molecule has 2 aromatic rings. The minimum absolute atomic E-state index is 0.271. The molecule has 6 heteroatoms. The highest BCUT2D eigenvalue weighted by Crippen LogP contribution is 2.25. The van der Waals surface area contributed by atoms with Crippen molar-refractivity contribution >= 4 is 29.2 Å². The van der Waals surface area contributed by atoms with E-state index in [2.05, 4.69) is 5.32 Å². The summed E-state index contributed by atoms with van der Waals surface area (Å²) in [6, 6.07) is 5.36. The molecule has 0 spiro atoms. The standard InChI is InChI=1S/C19H23ClN2O3/c1-6-22-13(5)16(12(4)17(22)19(24)25-7-2)18(23)21-14-9-8-11(3)15(20)10-14/h8-10H,6-7H2,1-5H3,(H,21,23). The summed E-state index contributed by atoms with van der Waals surface area (Å²) in [5.74, 6) is -0.685. The van der Waals surface area contributed by atoms with Crippen LogP contribution in [0.3, 0.4) is 0 Å². The molecule has 5 nitrogen and oxygen atoms in total. The first-order valence-corrected chi connectivity index (χ1v) is 8.63. The molecular weight excluding hydrogens is 340 g/mol. The average Bonchev–Trinajstić information content (AvgIpc) is 2.81. The maximum Gasteiger partial charge on any atom is 0.355 e. The van der Waals surface area contributed by atoms with Crippen molar-refractivity contribution in [3.63, 3.8) is 0 Å². The fraction of sp³-hybridized carbons (Fsp3) is 0.368. The summed E-state index contributed by atoms with van der Waals surface area (Å²) in [6.07, 6.45) is 0. The van der Waals surface area contributed by atoms with Crippen molar-refractivity contribution in [3.8, 4) is 0 Å². The Bertz CT molecular complexity index is 825. The van der Waals surface area contributed by atoms with Gasteiger partial charge < -0.3 is 14.6 Å². The summed E-state index contributed by atoms with van der Waals surface area (Å²) in [5, 5.41) is 3.44. The molecule has 25 heavy (non-hydrogen) atoms. The van der Waals surface area contributed by atoms with Gasteiger partial charge in [0.05, 0.1) is 12.2 Å². The number of esters is 1. The number of carbonyl (C=O) groups is 2. The topological polar surface area (TPSA) is 60.3 Å². The summed E-state index contributed by atoms with van der Waals surface area (Å²) >= 11 is 6.12. The largest absolute Gasteiger partial charge is 0.461 e. The van der Waals surface area contributed by atoms with Crippen LogP contribution in [0.15, 0.2) is 18.2 Å². The Morgan fingerprint density at radius 3 is 2.44 bits per heavy atom. The zero-order valence-corrected chi connectivity index (χ0v) is 16.0. The number of carbonyl (C=O) groups excluding carboxylic acids is 2. The van der Waals surface area contributed by atoms with E-state index in [1.165, 1.54) is 0 Å². The second kappa shape index (κ2) is 7.74. The Balaban J connectivity index is 2.42. The van der Waals surface area contributed by atoms with Crippen molar-refractivity contribution in [3.05, 3.63) is 51.3 Å². The second-order valence-corrected chi connectivity index (χ2v) is 6.22. The lowest BCUT2D eigenvalue weighted by Gasteiger charge is -2.09. The fourth-order valence-electron chi connectivity index (χ4n) is 2.95. The van der Waals surface area contributed by atoms with E-state index in [9.17, 15) is 9.59 Å². The molecule has 0 aliphatic carbocycles. The molecule has 2 rings (SSSR count). The van der Waals surface area contributed by atoms with Crippen molar-refractivity contribution in [1.82, 2.24) is 4.57 Å². The zero-order valence-electron chi connectivity index (χ0n) is 15.2. The van der Waals surface area contributed by atoms with E-state index in [0.717, 1.165) is 11.3 Å². The first kappa shape index (κ1) is 19.1. The van der Waals surface area contributed by atoms with Crippen LogP contribution in [-0.2, 0) is 11.3 Å². The lowest BCUT2D eigenvalue weighted by Crippen LogP contribution is -2.14. The summed E-state index contributed by atoms with van der Waals surface area (Å²) in [4.78, 5) is 25.1. The van der Waals surface area contributed by atoms with E-state index in [1.54, 1.807) is 26.0 Å². The Labute approximate surface area is 152 Å². The molecule has 1 aromatic carbocycles. The Morgan fingerprint density at radius 1 is 1.20 bits per heavy atom. The van der Waals surface area contributed by atoms with E-state index >= 15 is 0 Å². The van der Waals surface area contributed by atoms with Gasteiger partial charge in [0, 0.05) is 22.9 Å². The van der Waals surface area contributed by atoms with Crippen molar-refractivity contribution in [2.45, 2.75) is 41.2 Å². The predicted molar refractivity (Wildman–Crippen MR) is 99.7 cm³/mol. The highest BCUT2D eigenvalue weighted by molar-refractivity contribution is 6.31. The molecule has 134 valence electrons. The maximum atomic E-state index is 12.8. The zero-order chi connectivity index (χ0) is 18.7. The molecule has 0 fully saturated rings. The molecule has 1 amide bonds. The number of hydrogen-bond acceptors (Lipinski definition) is 3. The van der Waals surface area contributed by atoms with Gasteiger partial charge in [-0.25, -0.2) is 4.79 Å². The van der Waals surface area contributed by atoms with Gasteiger partial charge in [-0.15, -0.1) is 0 Å². The molecule has 0 saturated carbocycles. The van der Waals surface area contributed by atoms with E-state index < -0.39 is 5.97 Å². The predicted octanol–water partition coefficient (Wildman–Crippen LogP) is 4.52. The lowest BCUT2D eigenvalue weighted by molar-refractivity contribution is 0.0512. The highest BCUT2D eigenvalue weighted by Gasteiger charge is 2.26. The van der Waals surface area contributed by atoms with Crippen LogP contribution in [0.2, 0.25) is 5.02 Å². The molecule has 0 aliphatic heterocycles. The third-order valence-corrected chi connectivity index (χ3v) is 4.62. The molecule has 0 saturated heterocycles. The number of benzene rings is 1. The molecule has 1 aromatic heterocycles. The van der Waals surface area contributed by atoms with Crippen LogP contribution in [-0.4, -0.2) is 23.1 Å². The first-order valence-electron chi connectivity index (χ1n) is 8.26. The number of aryl methyl sites for hydroxylation is 1. The smallest absolute Gasteiger partial charge is 0.355 e. The molecule has 0 bridgehead atoms. The molecule has 0 aliphatic rings. The van der Waals surface area contributed by atoms with Gasteiger partial charge in [0.25, 0.3) is 5.91 Å². The summed E-state index contributed by atoms with van der Waals surface area (Å²) in [7, 11) is 0. The number of hydrogen-bond donors (Lipinski definition) is 1. The summed E-state index contributed by atoms with van der Waals surface area (Å²) < 4.78 is 6.95. The number of ether oxygens (including phenoxy) is 1. The summed E-state index contributed by atoms with van der Waals surface area (Å²) in [5.41, 5.74) is 3.82. The third-order valence-electron chi connectivity index (χ3n) is 4.21. The molecule has 1 heterocycles. The van der Waals surface area contributed by atoms with Gasteiger partial charge in [0.1, 0.15) is 5.69 Å². The van der Waals surface area contributed by atoms with Crippen LogP contribution < -0.4 is 5.32 Å². The van der Waals surface area contributed by atoms with Crippen LogP contribution in [0.25, 0.3) is 0 Å². The van der Waals surface area contributed by atoms with Crippen molar-refractivity contribution in [2.24, 2.45) is 0 Å². The third kappa shape index (κ3) is 3.71. The Hall–Kier alpha value is -2.27. The number of aromatic nitrogens is 1. The quantitative estimate of drug-likeness (QED) is 0.796. The van der Waals surface area contributed by atoms with Crippen LogP contribution in [0, 0.1) is 20.8 Å². The van der Waals surface area contributed by atoms with Gasteiger partial charge in [-0.05, 0) is 57.9 Å². The van der Waals surface area contributed by atoms with Crippen LogP contribution in [0.4, 0.5) is 5.69 Å². The van der Waals surface area contributed by atoms with Gasteiger partial charge in [0.15, 0.2) is 0 Å². The monoisotopic (exact) mass is 362 g/mol. The van der Waals surface area contributed by atoms with Gasteiger partial charge in [-0.2, -0.15) is 0 Å². The van der Waals surface area contributed by atoms with Crippen molar-refractivity contribution in [1.29, 1.82) is 0 Å². The molecule has 0 radical (unpaired) electrons. The molecule has 1 N–H and O–H groups in total. The fourth-order valence-corrected chi connectivity index (χ4v) is 3.13. The highest BCUT2D eigenvalue weighted by atomic mass is 35.5.